The summed E-state index contributed by atoms with van der Waals surface area (Å²) in [6.07, 6.45) is 2.27. The van der Waals surface area contributed by atoms with Crippen molar-refractivity contribution in [1.82, 2.24) is 0 Å². The Morgan fingerprint density at radius 1 is 0.966 bits per heavy atom. The molecule has 0 unspecified atom stereocenters. The van der Waals surface area contributed by atoms with Crippen LogP contribution in [0.4, 0.5) is 11.4 Å². The van der Waals surface area contributed by atoms with E-state index in [9.17, 15) is 13.2 Å². The summed E-state index contributed by atoms with van der Waals surface area (Å²) in [5, 5.41) is 4.37. The summed E-state index contributed by atoms with van der Waals surface area (Å²) in [6.45, 7) is 7.37. The number of anilines is 2. The van der Waals surface area contributed by atoms with Gasteiger partial charge in [-0.2, -0.15) is 0 Å². The lowest BCUT2D eigenvalue weighted by Gasteiger charge is -2.21. The molecule has 0 spiro atoms. The topological polar surface area (TPSA) is 75.3 Å². The first-order valence-electron chi connectivity index (χ1n) is 9.26. The van der Waals surface area contributed by atoms with E-state index in [-0.39, 0.29) is 10.8 Å². The van der Waals surface area contributed by atoms with Gasteiger partial charge < -0.3 is 5.32 Å². The molecule has 0 saturated carbocycles. The van der Waals surface area contributed by atoms with Gasteiger partial charge in [-0.25, -0.2) is 8.42 Å². The van der Waals surface area contributed by atoms with Crippen LogP contribution in [0.15, 0.2) is 84.3 Å². The second kappa shape index (κ2) is 8.09. The van der Waals surface area contributed by atoms with Crippen LogP contribution >= 0.6 is 0 Å². The van der Waals surface area contributed by atoms with Gasteiger partial charge in [-0.1, -0.05) is 56.3 Å². The normalized spacial score (nSPS) is 11.8. The minimum absolute atomic E-state index is 0.124. The SMILES string of the molecule is C=CCC(C)(C)C(=O)Nc1ccc(NS(=O)(=O)c2cccc3ccccc23)cc1. The third-order valence-corrected chi connectivity index (χ3v) is 6.14. The molecule has 0 aromatic heterocycles. The lowest BCUT2D eigenvalue weighted by atomic mass is 9.88. The maximum atomic E-state index is 12.9. The van der Waals surface area contributed by atoms with Gasteiger partial charge >= 0.3 is 0 Å². The van der Waals surface area contributed by atoms with Gasteiger partial charge in [-0.15, -0.1) is 6.58 Å². The summed E-state index contributed by atoms with van der Waals surface area (Å²) in [5.41, 5.74) is 0.442. The van der Waals surface area contributed by atoms with Gasteiger partial charge in [0.1, 0.15) is 0 Å². The Morgan fingerprint density at radius 2 is 1.59 bits per heavy atom. The molecule has 0 aliphatic rings. The zero-order valence-electron chi connectivity index (χ0n) is 16.5. The number of allylic oxidation sites excluding steroid dienone is 1. The third-order valence-electron chi connectivity index (χ3n) is 4.70. The van der Waals surface area contributed by atoms with E-state index < -0.39 is 15.4 Å². The lowest BCUT2D eigenvalue weighted by molar-refractivity contribution is -0.123. The Morgan fingerprint density at radius 3 is 2.28 bits per heavy atom. The number of fused-ring (bicyclic) bond motifs is 1. The molecule has 0 aliphatic carbocycles. The van der Waals surface area contributed by atoms with Crippen LogP contribution in [0.2, 0.25) is 0 Å². The Hall–Kier alpha value is -3.12. The predicted octanol–water partition coefficient (Wildman–Crippen LogP) is 5.18. The van der Waals surface area contributed by atoms with E-state index in [1.807, 2.05) is 38.1 Å². The number of nitrogens with one attached hydrogen (secondary N) is 2. The smallest absolute Gasteiger partial charge is 0.262 e. The molecule has 0 saturated heterocycles. The number of carbonyl (C=O) groups is 1. The van der Waals surface area contributed by atoms with Crippen LogP contribution in [0.5, 0.6) is 0 Å². The van der Waals surface area contributed by atoms with Gasteiger partial charge in [0.2, 0.25) is 5.91 Å². The van der Waals surface area contributed by atoms with Gasteiger partial charge in [0.15, 0.2) is 0 Å². The highest BCUT2D eigenvalue weighted by molar-refractivity contribution is 7.93. The fraction of sp³-hybridized carbons (Fsp3) is 0.174. The molecule has 3 aromatic carbocycles. The van der Waals surface area contributed by atoms with Crippen molar-refractivity contribution in [3.05, 3.63) is 79.4 Å². The van der Waals surface area contributed by atoms with Crippen molar-refractivity contribution < 1.29 is 13.2 Å². The maximum Gasteiger partial charge on any atom is 0.262 e. The average molecular weight is 409 g/mol. The van der Waals surface area contributed by atoms with Gasteiger partial charge in [0.25, 0.3) is 10.0 Å². The van der Waals surface area contributed by atoms with Crippen molar-refractivity contribution in [1.29, 1.82) is 0 Å². The van der Waals surface area contributed by atoms with Crippen LogP contribution in [0.3, 0.4) is 0 Å². The van der Waals surface area contributed by atoms with Crippen LogP contribution in [-0.4, -0.2) is 14.3 Å². The minimum Gasteiger partial charge on any atom is -0.326 e. The molecule has 3 rings (SSSR count). The zero-order valence-corrected chi connectivity index (χ0v) is 17.3. The second-order valence-corrected chi connectivity index (χ2v) is 9.14. The summed E-state index contributed by atoms with van der Waals surface area (Å²) >= 11 is 0. The van der Waals surface area contributed by atoms with Crippen LogP contribution in [0, 0.1) is 5.41 Å². The van der Waals surface area contributed by atoms with Crippen LogP contribution in [0.1, 0.15) is 20.3 Å². The summed E-state index contributed by atoms with van der Waals surface area (Å²) < 4.78 is 28.4. The number of amides is 1. The summed E-state index contributed by atoms with van der Waals surface area (Å²) in [7, 11) is -3.75. The molecule has 0 aliphatic heterocycles. The Labute approximate surface area is 171 Å². The Balaban J connectivity index is 1.78. The molecule has 29 heavy (non-hydrogen) atoms. The Bertz CT molecular complexity index is 1140. The number of carbonyl (C=O) groups excluding carboxylic acids is 1. The summed E-state index contributed by atoms with van der Waals surface area (Å²) in [6, 6.07) is 19.1. The molecule has 0 atom stereocenters. The molecule has 5 nitrogen and oxygen atoms in total. The van der Waals surface area contributed by atoms with E-state index in [0.717, 1.165) is 5.39 Å². The van der Waals surface area contributed by atoms with E-state index in [1.165, 1.54) is 0 Å². The summed E-state index contributed by atoms with van der Waals surface area (Å²) in [5.74, 6) is -0.124. The third kappa shape index (κ3) is 4.66. The largest absolute Gasteiger partial charge is 0.326 e. The van der Waals surface area contributed by atoms with E-state index >= 15 is 0 Å². The molecule has 150 valence electrons. The van der Waals surface area contributed by atoms with Gasteiger partial charge in [0.05, 0.1) is 4.90 Å². The van der Waals surface area contributed by atoms with Crippen LogP contribution < -0.4 is 10.0 Å². The fourth-order valence-corrected chi connectivity index (χ4v) is 4.31. The summed E-state index contributed by atoms with van der Waals surface area (Å²) in [4.78, 5) is 12.6. The Kier molecular flexibility index (Phi) is 5.75. The molecule has 0 bridgehead atoms. The van der Waals surface area contributed by atoms with E-state index in [1.54, 1.807) is 48.5 Å². The van der Waals surface area contributed by atoms with Gasteiger partial charge in [0, 0.05) is 22.2 Å². The van der Waals surface area contributed by atoms with E-state index in [0.29, 0.717) is 23.2 Å². The van der Waals surface area contributed by atoms with Crippen LogP contribution in [-0.2, 0) is 14.8 Å². The first-order valence-corrected chi connectivity index (χ1v) is 10.7. The number of benzene rings is 3. The number of hydrogen-bond donors (Lipinski definition) is 2. The zero-order chi connectivity index (χ0) is 21.1. The van der Waals surface area contributed by atoms with Crippen LogP contribution in [0.25, 0.3) is 10.8 Å². The van der Waals surface area contributed by atoms with Crippen molar-refractivity contribution in [3.8, 4) is 0 Å². The van der Waals surface area contributed by atoms with Crippen molar-refractivity contribution in [2.75, 3.05) is 10.0 Å². The highest BCUT2D eigenvalue weighted by atomic mass is 32.2. The molecular formula is C23H24N2O3S. The minimum atomic E-state index is -3.75. The van der Waals surface area contributed by atoms with Crippen molar-refractivity contribution in [3.63, 3.8) is 0 Å². The standard InChI is InChI=1S/C23H24N2O3S/c1-4-16-23(2,3)22(26)24-18-12-14-19(15-13-18)25-29(27,28)21-11-7-9-17-8-5-6-10-20(17)21/h4-15,25H,1,16H2,2-3H3,(H,24,26). The van der Waals surface area contributed by atoms with Crippen molar-refractivity contribution in [2.45, 2.75) is 25.2 Å². The predicted molar refractivity (Wildman–Crippen MR) is 118 cm³/mol. The van der Waals surface area contributed by atoms with Gasteiger partial charge in [-0.05, 0) is 42.1 Å². The first-order chi connectivity index (χ1) is 13.7. The molecule has 2 N–H and O–H groups in total. The van der Waals surface area contributed by atoms with Crippen molar-refractivity contribution in [2.24, 2.45) is 5.41 Å². The number of hydrogen-bond acceptors (Lipinski definition) is 3. The molecule has 0 heterocycles. The molecule has 1 amide bonds. The van der Waals surface area contributed by atoms with E-state index in [4.69, 9.17) is 0 Å². The van der Waals surface area contributed by atoms with Crippen molar-refractivity contribution >= 4 is 38.1 Å². The van der Waals surface area contributed by atoms with Gasteiger partial charge in [-0.3, -0.25) is 9.52 Å². The fourth-order valence-electron chi connectivity index (χ4n) is 3.02. The van der Waals surface area contributed by atoms with E-state index in [2.05, 4.69) is 16.6 Å². The highest BCUT2D eigenvalue weighted by Gasteiger charge is 2.26. The molecule has 3 aromatic rings. The number of sulfonamides is 1. The maximum absolute atomic E-state index is 12.9. The molecular weight excluding hydrogens is 384 g/mol. The number of rotatable bonds is 7. The molecule has 0 fully saturated rings. The lowest BCUT2D eigenvalue weighted by Crippen LogP contribution is -2.30. The quantitative estimate of drug-likeness (QED) is 0.529. The molecule has 0 radical (unpaired) electrons. The first kappa shape index (κ1) is 20.6. The highest BCUT2D eigenvalue weighted by Crippen LogP contribution is 2.26. The molecule has 6 heteroatoms. The monoisotopic (exact) mass is 408 g/mol. The second-order valence-electron chi connectivity index (χ2n) is 7.49. The average Bonchev–Trinajstić information content (AvgIpc) is 2.68.